The molecule has 0 aromatic carbocycles. The summed E-state index contributed by atoms with van der Waals surface area (Å²) in [6, 6.07) is 0. The molecule has 0 radical (unpaired) electrons. The second-order valence-electron chi connectivity index (χ2n) is 4.13. The number of halogens is 1. The van der Waals surface area contributed by atoms with Crippen LogP contribution in [0.5, 0.6) is 0 Å². The molecular weight excluding hydrogens is 236 g/mol. The Hall–Kier alpha value is 0.160. The zero-order valence-electron chi connectivity index (χ0n) is 9.32. The number of piperidine rings is 1. The van der Waals surface area contributed by atoms with E-state index in [4.69, 9.17) is 11.6 Å². The molecule has 1 unspecified atom stereocenters. The molecule has 1 aliphatic heterocycles. The topological polar surface area (TPSA) is 40.6 Å². The minimum atomic E-state index is -3.23. The maximum absolute atomic E-state index is 11.9. The summed E-state index contributed by atoms with van der Waals surface area (Å²) in [7, 11) is -0.0877. The van der Waals surface area contributed by atoms with E-state index in [0.717, 1.165) is 19.3 Å². The van der Waals surface area contributed by atoms with E-state index in [1.165, 1.54) is 4.31 Å². The Bertz CT molecular complexity index is 290. The van der Waals surface area contributed by atoms with Gasteiger partial charge in [-0.2, -0.15) is 17.0 Å². The van der Waals surface area contributed by atoms with Crippen LogP contribution in [0, 0.1) is 5.92 Å². The highest BCUT2D eigenvalue weighted by molar-refractivity contribution is 7.86. The summed E-state index contributed by atoms with van der Waals surface area (Å²) in [5.74, 6) is 1.03. The molecule has 0 N–H and O–H groups in total. The van der Waals surface area contributed by atoms with Gasteiger partial charge in [0.1, 0.15) is 0 Å². The molecule has 1 heterocycles. The smallest absolute Gasteiger partial charge is 0.195 e. The van der Waals surface area contributed by atoms with E-state index in [-0.39, 0.29) is 0 Å². The zero-order valence-corrected chi connectivity index (χ0v) is 10.9. The molecule has 15 heavy (non-hydrogen) atoms. The zero-order chi connectivity index (χ0) is 11.5. The van der Waals surface area contributed by atoms with Crippen LogP contribution in [-0.4, -0.2) is 50.1 Å². The summed E-state index contributed by atoms with van der Waals surface area (Å²) in [5.41, 5.74) is 0. The Balaban J connectivity index is 2.64. The van der Waals surface area contributed by atoms with E-state index < -0.39 is 10.2 Å². The van der Waals surface area contributed by atoms with Crippen LogP contribution in [0.25, 0.3) is 0 Å². The van der Waals surface area contributed by atoms with Gasteiger partial charge < -0.3 is 0 Å². The molecule has 1 aliphatic rings. The summed E-state index contributed by atoms with van der Waals surface area (Å²) in [4.78, 5) is 0. The fraction of sp³-hybridized carbons (Fsp3) is 1.00. The predicted octanol–water partition coefficient (Wildman–Crippen LogP) is 1.13. The highest BCUT2D eigenvalue weighted by Gasteiger charge is 2.29. The van der Waals surface area contributed by atoms with Gasteiger partial charge in [-0.05, 0) is 25.2 Å². The highest BCUT2D eigenvalue weighted by atomic mass is 35.5. The minimum Gasteiger partial charge on any atom is -0.195 e. The monoisotopic (exact) mass is 254 g/mol. The van der Waals surface area contributed by atoms with Crippen molar-refractivity contribution < 1.29 is 8.42 Å². The molecule has 0 aromatic heterocycles. The van der Waals surface area contributed by atoms with Gasteiger partial charge in [-0.3, -0.25) is 0 Å². The molecule has 1 saturated heterocycles. The molecule has 4 nitrogen and oxygen atoms in total. The van der Waals surface area contributed by atoms with Crippen LogP contribution >= 0.6 is 11.6 Å². The molecule has 0 spiro atoms. The SMILES string of the molecule is CN(C)S(=O)(=O)N1CCCC(CCCl)C1. The second kappa shape index (κ2) is 5.48. The van der Waals surface area contributed by atoms with Gasteiger partial charge in [-0.1, -0.05) is 0 Å². The van der Waals surface area contributed by atoms with E-state index in [1.807, 2.05) is 0 Å². The Morgan fingerprint density at radius 1 is 1.47 bits per heavy atom. The van der Waals surface area contributed by atoms with Crippen LogP contribution in [0.15, 0.2) is 0 Å². The maximum atomic E-state index is 11.9. The average Bonchev–Trinajstić information content (AvgIpc) is 2.18. The van der Waals surface area contributed by atoms with Crippen molar-refractivity contribution in [2.45, 2.75) is 19.3 Å². The van der Waals surface area contributed by atoms with Gasteiger partial charge in [-0.15, -0.1) is 11.6 Å². The van der Waals surface area contributed by atoms with Crippen LogP contribution < -0.4 is 0 Å². The predicted molar refractivity (Wildman–Crippen MR) is 62.2 cm³/mol. The summed E-state index contributed by atoms with van der Waals surface area (Å²) >= 11 is 5.68. The van der Waals surface area contributed by atoms with Crippen molar-refractivity contribution >= 4 is 21.8 Å². The summed E-state index contributed by atoms with van der Waals surface area (Å²) in [6.45, 7) is 1.26. The van der Waals surface area contributed by atoms with Crippen molar-refractivity contribution in [3.63, 3.8) is 0 Å². The molecule has 1 rings (SSSR count). The number of alkyl halides is 1. The normalized spacial score (nSPS) is 24.7. The first-order chi connectivity index (χ1) is 6.98. The van der Waals surface area contributed by atoms with E-state index in [2.05, 4.69) is 0 Å². The molecule has 0 aromatic rings. The van der Waals surface area contributed by atoms with E-state index in [9.17, 15) is 8.42 Å². The van der Waals surface area contributed by atoms with Crippen LogP contribution in [0.2, 0.25) is 0 Å². The molecular formula is C9H19ClN2O2S. The lowest BCUT2D eigenvalue weighted by molar-refractivity contribution is 0.251. The standard InChI is InChI=1S/C9H19ClN2O2S/c1-11(2)15(13,14)12-7-3-4-9(8-12)5-6-10/h9H,3-8H2,1-2H3. The van der Waals surface area contributed by atoms with Gasteiger partial charge in [0.15, 0.2) is 0 Å². The molecule has 6 heteroatoms. The molecule has 1 atom stereocenters. The van der Waals surface area contributed by atoms with Crippen molar-refractivity contribution in [1.82, 2.24) is 8.61 Å². The van der Waals surface area contributed by atoms with Gasteiger partial charge in [0.05, 0.1) is 0 Å². The highest BCUT2D eigenvalue weighted by Crippen LogP contribution is 2.22. The molecule has 0 amide bonds. The Morgan fingerprint density at radius 3 is 2.67 bits per heavy atom. The van der Waals surface area contributed by atoms with Gasteiger partial charge >= 0.3 is 0 Å². The van der Waals surface area contributed by atoms with Crippen molar-refractivity contribution in [1.29, 1.82) is 0 Å². The molecule has 0 saturated carbocycles. The van der Waals surface area contributed by atoms with Crippen LogP contribution in [-0.2, 0) is 10.2 Å². The summed E-state index contributed by atoms with van der Waals surface area (Å²) in [5, 5.41) is 0. The van der Waals surface area contributed by atoms with Crippen molar-refractivity contribution in [3.8, 4) is 0 Å². The van der Waals surface area contributed by atoms with E-state index in [1.54, 1.807) is 18.4 Å². The Labute approximate surface area is 97.4 Å². The lowest BCUT2D eigenvalue weighted by Gasteiger charge is -2.33. The minimum absolute atomic E-state index is 0.422. The molecule has 90 valence electrons. The quantitative estimate of drug-likeness (QED) is 0.706. The van der Waals surface area contributed by atoms with Gasteiger partial charge in [0.2, 0.25) is 0 Å². The number of rotatable bonds is 4. The third-order valence-corrected chi connectivity index (χ3v) is 4.91. The van der Waals surface area contributed by atoms with Crippen LogP contribution in [0.3, 0.4) is 0 Å². The summed E-state index contributed by atoms with van der Waals surface area (Å²) < 4.78 is 26.5. The largest absolute Gasteiger partial charge is 0.281 e. The molecule has 0 aliphatic carbocycles. The molecule has 0 bridgehead atoms. The van der Waals surface area contributed by atoms with Gasteiger partial charge in [0.25, 0.3) is 10.2 Å². The van der Waals surface area contributed by atoms with Gasteiger partial charge in [-0.25, -0.2) is 0 Å². The summed E-state index contributed by atoms with van der Waals surface area (Å²) in [6.07, 6.45) is 2.93. The first-order valence-electron chi connectivity index (χ1n) is 5.22. The maximum Gasteiger partial charge on any atom is 0.281 e. The molecule has 1 fully saturated rings. The first kappa shape index (κ1) is 13.2. The Morgan fingerprint density at radius 2 is 2.13 bits per heavy atom. The number of hydrogen-bond donors (Lipinski definition) is 0. The fourth-order valence-electron chi connectivity index (χ4n) is 1.86. The van der Waals surface area contributed by atoms with Crippen LogP contribution in [0.1, 0.15) is 19.3 Å². The van der Waals surface area contributed by atoms with Crippen molar-refractivity contribution in [2.24, 2.45) is 5.92 Å². The van der Waals surface area contributed by atoms with E-state index in [0.29, 0.717) is 24.9 Å². The van der Waals surface area contributed by atoms with E-state index >= 15 is 0 Å². The van der Waals surface area contributed by atoms with Gasteiger partial charge in [0, 0.05) is 33.1 Å². The fourth-order valence-corrected chi connectivity index (χ4v) is 3.39. The number of hydrogen-bond acceptors (Lipinski definition) is 2. The van der Waals surface area contributed by atoms with Crippen molar-refractivity contribution in [2.75, 3.05) is 33.1 Å². The Kier molecular flexibility index (Phi) is 4.83. The third kappa shape index (κ3) is 3.31. The number of nitrogens with zero attached hydrogens (tertiary/aromatic N) is 2. The second-order valence-corrected chi connectivity index (χ2v) is 6.65. The van der Waals surface area contributed by atoms with Crippen LogP contribution in [0.4, 0.5) is 0 Å². The van der Waals surface area contributed by atoms with Crippen molar-refractivity contribution in [3.05, 3.63) is 0 Å². The lowest BCUT2D eigenvalue weighted by Crippen LogP contribution is -2.45. The average molecular weight is 255 g/mol. The lowest BCUT2D eigenvalue weighted by atomic mass is 9.97. The third-order valence-electron chi connectivity index (χ3n) is 2.79. The first-order valence-corrected chi connectivity index (χ1v) is 7.15.